The van der Waals surface area contributed by atoms with E-state index in [4.69, 9.17) is 14.2 Å². The van der Waals surface area contributed by atoms with Crippen molar-refractivity contribution >= 4 is 12.1 Å². The van der Waals surface area contributed by atoms with Crippen molar-refractivity contribution in [2.45, 2.75) is 65.0 Å². The van der Waals surface area contributed by atoms with Gasteiger partial charge in [0.2, 0.25) is 0 Å². The summed E-state index contributed by atoms with van der Waals surface area (Å²) in [6, 6.07) is 6.40. The smallest absolute Gasteiger partial charge is 0.412 e. The van der Waals surface area contributed by atoms with Gasteiger partial charge in [0.1, 0.15) is 11.4 Å². The Morgan fingerprint density at radius 3 is 2.26 bits per heavy atom. The second kappa shape index (κ2) is 8.17. The first-order valence-electron chi connectivity index (χ1n) is 9.07. The normalized spacial score (nSPS) is 22.8. The number of carboxylic acid groups (broad SMARTS) is 1. The second-order valence-electron chi connectivity index (χ2n) is 8.10. The zero-order valence-corrected chi connectivity index (χ0v) is 16.8. The van der Waals surface area contributed by atoms with Gasteiger partial charge in [-0.1, -0.05) is 26.0 Å². The molecule has 2 unspecified atom stereocenters. The molecule has 1 heterocycles. The minimum absolute atomic E-state index is 0.181. The fourth-order valence-electron chi connectivity index (χ4n) is 3.11. The van der Waals surface area contributed by atoms with Crippen molar-refractivity contribution in [2.75, 3.05) is 7.11 Å². The average molecular weight is 379 g/mol. The molecule has 1 fully saturated rings. The Labute approximate surface area is 160 Å². The highest BCUT2D eigenvalue weighted by Gasteiger charge is 2.50. The van der Waals surface area contributed by atoms with Gasteiger partial charge < -0.3 is 19.3 Å². The fraction of sp³-hybridized carbons (Fsp3) is 0.600. The molecule has 7 nitrogen and oxygen atoms in total. The van der Waals surface area contributed by atoms with E-state index in [2.05, 4.69) is 0 Å². The molecule has 1 saturated heterocycles. The molecule has 0 radical (unpaired) electrons. The van der Waals surface area contributed by atoms with Gasteiger partial charge in [0.25, 0.3) is 0 Å². The first-order chi connectivity index (χ1) is 12.5. The lowest BCUT2D eigenvalue weighted by molar-refractivity contribution is -0.150. The Morgan fingerprint density at radius 1 is 1.22 bits per heavy atom. The van der Waals surface area contributed by atoms with E-state index in [1.165, 1.54) is 4.90 Å². The molecule has 0 bridgehead atoms. The summed E-state index contributed by atoms with van der Waals surface area (Å²) < 4.78 is 16.5. The largest absolute Gasteiger partial charge is 0.497 e. The van der Waals surface area contributed by atoms with Crippen LogP contribution >= 0.6 is 0 Å². The monoisotopic (exact) mass is 379 g/mol. The van der Waals surface area contributed by atoms with Crippen molar-refractivity contribution in [3.8, 4) is 5.75 Å². The number of aliphatic carboxylic acids is 1. The number of nitrogens with zero attached hydrogens (tertiary/aromatic N) is 1. The average Bonchev–Trinajstić information content (AvgIpc) is 2.92. The van der Waals surface area contributed by atoms with Crippen LogP contribution in [0.25, 0.3) is 0 Å². The maximum Gasteiger partial charge on any atom is 0.412 e. The van der Waals surface area contributed by atoms with Crippen LogP contribution in [0.15, 0.2) is 24.3 Å². The molecular weight excluding hydrogens is 350 g/mol. The van der Waals surface area contributed by atoms with Crippen LogP contribution in [0.2, 0.25) is 0 Å². The van der Waals surface area contributed by atoms with Gasteiger partial charge in [-0.15, -0.1) is 0 Å². The lowest BCUT2D eigenvalue weighted by atomic mass is 9.98. The SMILES string of the molecule is COc1ccc(C2OC(C(=O)O)[C@H](CC(C)C)N2C(=O)OC(C)(C)C)cc1. The third-order valence-corrected chi connectivity index (χ3v) is 4.20. The van der Waals surface area contributed by atoms with Crippen molar-refractivity contribution in [1.82, 2.24) is 4.90 Å². The van der Waals surface area contributed by atoms with Crippen LogP contribution in [0.3, 0.4) is 0 Å². The first kappa shape index (κ1) is 21.0. The molecule has 1 amide bonds. The summed E-state index contributed by atoms with van der Waals surface area (Å²) in [5.74, 6) is -0.251. The van der Waals surface area contributed by atoms with Gasteiger partial charge in [-0.05, 0) is 45.2 Å². The highest BCUT2D eigenvalue weighted by atomic mass is 16.6. The Morgan fingerprint density at radius 2 is 1.81 bits per heavy atom. The number of benzene rings is 1. The Balaban J connectivity index is 2.43. The summed E-state index contributed by atoms with van der Waals surface area (Å²) >= 11 is 0. The number of methoxy groups -OCH3 is 1. The fourth-order valence-corrected chi connectivity index (χ4v) is 3.11. The van der Waals surface area contributed by atoms with E-state index in [0.717, 1.165) is 0 Å². The number of carbonyl (C=O) groups excluding carboxylic acids is 1. The van der Waals surface area contributed by atoms with Crippen LogP contribution in [-0.2, 0) is 14.3 Å². The van der Waals surface area contributed by atoms with Crippen LogP contribution in [0.4, 0.5) is 4.79 Å². The lowest BCUT2D eigenvalue weighted by Gasteiger charge is -2.32. The van der Waals surface area contributed by atoms with Gasteiger partial charge in [0.15, 0.2) is 12.3 Å². The van der Waals surface area contributed by atoms with Gasteiger partial charge in [0, 0.05) is 5.56 Å². The highest BCUT2D eigenvalue weighted by molar-refractivity contribution is 5.77. The molecule has 7 heteroatoms. The van der Waals surface area contributed by atoms with Crippen LogP contribution in [0.1, 0.15) is 52.8 Å². The molecule has 1 aliphatic heterocycles. The highest BCUT2D eigenvalue weighted by Crippen LogP contribution is 2.39. The molecule has 3 atom stereocenters. The van der Waals surface area contributed by atoms with E-state index in [9.17, 15) is 14.7 Å². The Kier molecular flexibility index (Phi) is 6.36. The second-order valence-corrected chi connectivity index (χ2v) is 8.10. The quantitative estimate of drug-likeness (QED) is 0.837. The van der Waals surface area contributed by atoms with Gasteiger partial charge in [-0.25, -0.2) is 9.59 Å². The predicted molar refractivity (Wildman–Crippen MR) is 99.6 cm³/mol. The topological polar surface area (TPSA) is 85.3 Å². The number of hydrogen-bond donors (Lipinski definition) is 1. The molecule has 0 saturated carbocycles. The molecular formula is C20H29NO6. The molecule has 1 aromatic carbocycles. The molecule has 1 aromatic rings. The van der Waals surface area contributed by atoms with Gasteiger partial charge in [0.05, 0.1) is 13.2 Å². The van der Waals surface area contributed by atoms with E-state index in [1.54, 1.807) is 52.1 Å². The van der Waals surface area contributed by atoms with Gasteiger partial charge in [-0.2, -0.15) is 0 Å². The molecule has 1 N–H and O–H groups in total. The van der Waals surface area contributed by atoms with Gasteiger partial charge >= 0.3 is 12.1 Å². The van der Waals surface area contributed by atoms with Crippen molar-refractivity contribution in [1.29, 1.82) is 0 Å². The molecule has 0 aromatic heterocycles. The number of hydrogen-bond acceptors (Lipinski definition) is 5. The standard InChI is InChI=1S/C20H29NO6/c1-12(2)11-15-16(18(22)23)26-17(13-7-9-14(25-6)10-8-13)21(15)19(24)27-20(3,4)5/h7-10,12,15-17H,11H2,1-6H3,(H,22,23)/t15-,16?,17?/m0/s1. The summed E-state index contributed by atoms with van der Waals surface area (Å²) in [5, 5.41) is 9.65. The summed E-state index contributed by atoms with van der Waals surface area (Å²) in [7, 11) is 1.56. The molecule has 2 rings (SSSR count). The zero-order chi connectivity index (χ0) is 20.4. The van der Waals surface area contributed by atoms with Gasteiger partial charge in [-0.3, -0.25) is 4.90 Å². The van der Waals surface area contributed by atoms with E-state index < -0.39 is 36.0 Å². The van der Waals surface area contributed by atoms with Crippen molar-refractivity contribution in [2.24, 2.45) is 5.92 Å². The Bertz CT molecular complexity index is 664. The van der Waals surface area contributed by atoms with Crippen molar-refractivity contribution in [3.05, 3.63) is 29.8 Å². The molecule has 0 aliphatic carbocycles. The summed E-state index contributed by atoms with van der Waals surface area (Å²) in [4.78, 5) is 26.2. The van der Waals surface area contributed by atoms with Crippen LogP contribution in [0.5, 0.6) is 5.75 Å². The summed E-state index contributed by atoms with van der Waals surface area (Å²) in [6.07, 6.45) is -2.05. The number of rotatable bonds is 5. The lowest BCUT2D eigenvalue weighted by Crippen LogP contribution is -2.45. The maximum atomic E-state index is 12.9. The zero-order valence-electron chi connectivity index (χ0n) is 16.8. The molecule has 27 heavy (non-hydrogen) atoms. The minimum atomic E-state index is -1.12. The minimum Gasteiger partial charge on any atom is -0.497 e. The van der Waals surface area contributed by atoms with Crippen molar-refractivity contribution < 1.29 is 28.9 Å². The number of carbonyl (C=O) groups is 2. The van der Waals surface area contributed by atoms with Crippen LogP contribution in [-0.4, -0.2) is 46.9 Å². The first-order valence-corrected chi connectivity index (χ1v) is 9.07. The number of amides is 1. The number of carboxylic acids is 1. The van der Waals surface area contributed by atoms with Crippen LogP contribution in [0, 0.1) is 5.92 Å². The summed E-state index contributed by atoms with van der Waals surface area (Å²) in [5.41, 5.74) is -0.0372. The van der Waals surface area contributed by atoms with E-state index in [-0.39, 0.29) is 5.92 Å². The van der Waals surface area contributed by atoms with Crippen molar-refractivity contribution in [3.63, 3.8) is 0 Å². The third kappa shape index (κ3) is 5.13. The Hall–Kier alpha value is -2.28. The predicted octanol–water partition coefficient (Wildman–Crippen LogP) is 3.83. The molecule has 150 valence electrons. The van der Waals surface area contributed by atoms with E-state index in [1.807, 2.05) is 13.8 Å². The van der Waals surface area contributed by atoms with E-state index >= 15 is 0 Å². The molecule has 1 aliphatic rings. The third-order valence-electron chi connectivity index (χ3n) is 4.20. The maximum absolute atomic E-state index is 12.9. The molecule has 0 spiro atoms. The number of ether oxygens (including phenoxy) is 3. The van der Waals surface area contributed by atoms with Crippen LogP contribution < -0.4 is 4.74 Å². The van der Waals surface area contributed by atoms with E-state index in [0.29, 0.717) is 17.7 Å². The summed E-state index contributed by atoms with van der Waals surface area (Å²) in [6.45, 7) is 9.28.